The first-order chi connectivity index (χ1) is 16.7. The van der Waals surface area contributed by atoms with Crippen molar-refractivity contribution in [1.82, 2.24) is 21.3 Å². The van der Waals surface area contributed by atoms with Gasteiger partial charge in [-0.15, -0.1) is 0 Å². The Bertz CT molecular complexity index is 1130. The maximum absolute atomic E-state index is 11.7. The minimum atomic E-state index is -0.441. The van der Waals surface area contributed by atoms with E-state index < -0.39 is 6.04 Å². The van der Waals surface area contributed by atoms with Crippen LogP contribution in [0.4, 0.5) is 0 Å². The fraction of sp³-hybridized carbons (Fsp3) is 0.357. The molecule has 6 rings (SSSR count). The fourth-order valence-electron chi connectivity index (χ4n) is 5.18. The van der Waals surface area contributed by atoms with Crippen LogP contribution < -0.4 is 21.3 Å². The quantitative estimate of drug-likeness (QED) is 0.569. The molecule has 2 atom stereocenters. The van der Waals surface area contributed by atoms with Crippen molar-refractivity contribution >= 4 is 23.0 Å². The molecule has 2 aliphatic carbocycles. The van der Waals surface area contributed by atoms with Crippen LogP contribution in [0, 0.1) is 0 Å². The number of carbonyl (C=O) groups excluding carboxylic acids is 2. The largest absolute Gasteiger partial charge is 0.345 e. The molecule has 0 aromatic heterocycles. The Morgan fingerprint density at radius 3 is 2.09 bits per heavy atom. The van der Waals surface area contributed by atoms with Gasteiger partial charge < -0.3 is 21.3 Å². The van der Waals surface area contributed by atoms with Crippen molar-refractivity contribution in [2.75, 3.05) is 26.2 Å². The van der Waals surface area contributed by atoms with Gasteiger partial charge in [-0.1, -0.05) is 60.7 Å². The second-order valence-electron chi connectivity index (χ2n) is 9.28. The molecule has 4 N–H and O–H groups in total. The first-order valence-electron chi connectivity index (χ1n) is 12.2. The van der Waals surface area contributed by atoms with E-state index in [1.54, 1.807) is 0 Å². The van der Waals surface area contributed by atoms with Gasteiger partial charge in [0, 0.05) is 32.1 Å². The Hall–Kier alpha value is -3.22. The normalized spacial score (nSPS) is 22.9. The van der Waals surface area contributed by atoms with Crippen LogP contribution in [0.2, 0.25) is 0 Å². The van der Waals surface area contributed by atoms with Crippen LogP contribution in [0.3, 0.4) is 0 Å². The van der Waals surface area contributed by atoms with Crippen molar-refractivity contribution in [1.29, 1.82) is 0 Å². The summed E-state index contributed by atoms with van der Waals surface area (Å²) in [6, 6.07) is 17.1. The van der Waals surface area contributed by atoms with Crippen molar-refractivity contribution in [2.45, 2.75) is 37.8 Å². The maximum atomic E-state index is 11.7. The lowest BCUT2D eigenvalue weighted by Gasteiger charge is -2.25. The molecule has 0 spiro atoms. The molecule has 34 heavy (non-hydrogen) atoms. The molecular weight excluding hydrogens is 424 g/mol. The van der Waals surface area contributed by atoms with Crippen molar-refractivity contribution < 1.29 is 9.59 Å². The average Bonchev–Trinajstić information content (AvgIpc) is 3.47. The Morgan fingerprint density at radius 2 is 1.44 bits per heavy atom. The summed E-state index contributed by atoms with van der Waals surface area (Å²) >= 11 is 0. The van der Waals surface area contributed by atoms with Gasteiger partial charge in [-0.2, -0.15) is 0 Å². The molecule has 2 aliphatic heterocycles. The van der Waals surface area contributed by atoms with Gasteiger partial charge in [-0.05, 0) is 52.7 Å². The molecule has 6 nitrogen and oxygen atoms in total. The standard InChI is InChI=1S/C14H14N2O2.C14H18N2/c17-13-8-15-14(18)12(16-13)7-10-6-5-9-3-1-2-4-11(9)10;1-2-4-14-11(3-1)5-6-12(14)9-13-10-15-7-8-16-13/h1-4,6,12H,5,7-8H2,(H,15,18)(H,16,17);1-4,6,13,15-16H,5,7-10H2/t12-;13-/m00/s1. The molecule has 2 aromatic carbocycles. The lowest BCUT2D eigenvalue weighted by atomic mass is 9.98. The van der Waals surface area contributed by atoms with E-state index in [2.05, 4.69) is 69.8 Å². The van der Waals surface area contributed by atoms with Gasteiger partial charge in [0.25, 0.3) is 0 Å². The zero-order chi connectivity index (χ0) is 23.3. The molecule has 2 aromatic rings. The zero-order valence-corrected chi connectivity index (χ0v) is 19.4. The number of fused-ring (bicyclic) bond motifs is 2. The summed E-state index contributed by atoms with van der Waals surface area (Å²) < 4.78 is 0. The predicted molar refractivity (Wildman–Crippen MR) is 135 cm³/mol. The highest BCUT2D eigenvalue weighted by molar-refractivity contribution is 5.96. The Balaban J connectivity index is 0.000000142. The molecule has 2 amide bonds. The molecule has 2 saturated heterocycles. The number of hydrogen-bond acceptors (Lipinski definition) is 4. The van der Waals surface area contributed by atoms with Gasteiger partial charge in [0.15, 0.2) is 0 Å². The van der Waals surface area contributed by atoms with Gasteiger partial charge in [0.05, 0.1) is 6.54 Å². The minimum Gasteiger partial charge on any atom is -0.345 e. The molecule has 4 aliphatic rings. The zero-order valence-electron chi connectivity index (χ0n) is 19.4. The molecular formula is C28H32N4O2. The van der Waals surface area contributed by atoms with E-state index in [-0.39, 0.29) is 18.4 Å². The number of amides is 2. The fourth-order valence-corrected chi connectivity index (χ4v) is 5.18. The van der Waals surface area contributed by atoms with Crippen molar-refractivity contribution in [2.24, 2.45) is 0 Å². The molecule has 0 saturated carbocycles. The number of benzene rings is 2. The second kappa shape index (κ2) is 10.4. The Morgan fingerprint density at radius 1 is 0.794 bits per heavy atom. The van der Waals surface area contributed by atoms with Crippen molar-refractivity contribution in [3.8, 4) is 0 Å². The highest BCUT2D eigenvalue weighted by atomic mass is 16.2. The van der Waals surface area contributed by atoms with E-state index in [1.165, 1.54) is 27.8 Å². The minimum absolute atomic E-state index is 0.0883. The summed E-state index contributed by atoms with van der Waals surface area (Å²) in [7, 11) is 0. The summed E-state index contributed by atoms with van der Waals surface area (Å²) in [5, 5.41) is 12.4. The van der Waals surface area contributed by atoms with Gasteiger partial charge in [0.2, 0.25) is 11.8 Å². The van der Waals surface area contributed by atoms with Crippen LogP contribution in [0.5, 0.6) is 0 Å². The first-order valence-corrected chi connectivity index (χ1v) is 12.2. The third kappa shape index (κ3) is 5.13. The van der Waals surface area contributed by atoms with E-state index in [1.807, 2.05) is 12.1 Å². The van der Waals surface area contributed by atoms with E-state index in [0.29, 0.717) is 12.5 Å². The van der Waals surface area contributed by atoms with Crippen LogP contribution in [0.25, 0.3) is 11.1 Å². The summed E-state index contributed by atoms with van der Waals surface area (Å²) in [5.41, 5.74) is 8.11. The van der Waals surface area contributed by atoms with Gasteiger partial charge in [0.1, 0.15) is 6.04 Å². The van der Waals surface area contributed by atoms with Crippen molar-refractivity contribution in [3.63, 3.8) is 0 Å². The molecule has 0 unspecified atom stereocenters. The highest BCUT2D eigenvalue weighted by Gasteiger charge is 2.28. The van der Waals surface area contributed by atoms with E-state index in [9.17, 15) is 9.59 Å². The van der Waals surface area contributed by atoms with Crippen LogP contribution in [0.15, 0.2) is 60.7 Å². The summed E-state index contributed by atoms with van der Waals surface area (Å²) in [5.74, 6) is -0.216. The highest BCUT2D eigenvalue weighted by Crippen LogP contribution is 2.31. The van der Waals surface area contributed by atoms with Crippen LogP contribution >= 0.6 is 0 Å². The van der Waals surface area contributed by atoms with Gasteiger partial charge in [-0.3, -0.25) is 9.59 Å². The number of piperazine rings is 2. The predicted octanol–water partition coefficient (Wildman–Crippen LogP) is 2.21. The third-order valence-corrected chi connectivity index (χ3v) is 6.95. The van der Waals surface area contributed by atoms with E-state index >= 15 is 0 Å². The lowest BCUT2D eigenvalue weighted by Crippen LogP contribution is -2.56. The molecule has 6 heteroatoms. The number of rotatable bonds is 4. The monoisotopic (exact) mass is 456 g/mol. The lowest BCUT2D eigenvalue weighted by molar-refractivity contribution is -0.133. The number of nitrogens with one attached hydrogen (secondary N) is 4. The molecule has 2 fully saturated rings. The van der Waals surface area contributed by atoms with E-state index in [0.717, 1.165) is 44.5 Å². The smallest absolute Gasteiger partial charge is 0.243 e. The van der Waals surface area contributed by atoms with Gasteiger partial charge >= 0.3 is 0 Å². The Labute approximate surface area is 200 Å². The topological polar surface area (TPSA) is 82.3 Å². The van der Waals surface area contributed by atoms with Crippen LogP contribution in [0.1, 0.15) is 35.1 Å². The number of allylic oxidation sites excluding steroid dienone is 2. The molecule has 0 radical (unpaired) electrons. The third-order valence-electron chi connectivity index (χ3n) is 6.95. The van der Waals surface area contributed by atoms with Crippen molar-refractivity contribution in [3.05, 3.63) is 82.9 Å². The summed E-state index contributed by atoms with van der Waals surface area (Å²) in [4.78, 5) is 23.0. The number of hydrogen-bond donors (Lipinski definition) is 4. The Kier molecular flexibility index (Phi) is 6.88. The SMILES string of the molecule is C1=C(C[C@H]2CNCCN2)c2ccccc2C1.O=C1CNC(=O)[C@H](CC2=CCc3ccccc32)N1. The van der Waals surface area contributed by atoms with E-state index in [4.69, 9.17) is 0 Å². The second-order valence-corrected chi connectivity index (χ2v) is 9.28. The van der Waals surface area contributed by atoms with Crippen LogP contribution in [-0.4, -0.2) is 50.1 Å². The van der Waals surface area contributed by atoms with Crippen LogP contribution in [-0.2, 0) is 22.4 Å². The van der Waals surface area contributed by atoms with Gasteiger partial charge in [-0.25, -0.2) is 0 Å². The first kappa shape index (κ1) is 22.6. The summed E-state index contributed by atoms with van der Waals surface area (Å²) in [6.07, 6.45) is 8.28. The maximum Gasteiger partial charge on any atom is 0.243 e. The molecule has 0 bridgehead atoms. The molecule has 2 heterocycles. The summed E-state index contributed by atoms with van der Waals surface area (Å²) in [6.45, 7) is 3.39. The molecule has 176 valence electrons. The number of carbonyl (C=O) groups is 2. The average molecular weight is 457 g/mol.